The highest BCUT2D eigenvalue weighted by molar-refractivity contribution is 6.53. The molecule has 0 amide bonds. The van der Waals surface area contributed by atoms with Gasteiger partial charge in [-0.2, -0.15) is 0 Å². The third-order valence-corrected chi connectivity index (χ3v) is 9.84. The molecular weight excluding hydrogens is 626 g/mol. The highest BCUT2D eigenvalue weighted by Crippen LogP contribution is 2.61. The topological polar surface area (TPSA) is 42.0 Å². The summed E-state index contributed by atoms with van der Waals surface area (Å²) in [6, 6.07) is 31.4. The van der Waals surface area contributed by atoms with Crippen LogP contribution in [0.3, 0.4) is 0 Å². The highest BCUT2D eigenvalue weighted by atomic mass is 35.5. The van der Waals surface area contributed by atoms with E-state index in [4.69, 9.17) is 55.9 Å². The van der Waals surface area contributed by atoms with Crippen molar-refractivity contribution in [2.24, 2.45) is 0 Å². The number of rotatable bonds is 4. The molecule has 0 aliphatic carbocycles. The maximum absolute atomic E-state index is 13.6. The van der Waals surface area contributed by atoms with Gasteiger partial charge in [-0.05, 0) is 48.5 Å². The first-order valence-corrected chi connectivity index (χ1v) is 14.9. The summed E-state index contributed by atoms with van der Waals surface area (Å²) in [7, 11) is 3.94. The summed E-state index contributed by atoms with van der Waals surface area (Å²) in [5.41, 5.74) is 3.80. The summed E-state index contributed by atoms with van der Waals surface area (Å²) in [5, 5.41) is 0.114. The number of benzene rings is 5. The van der Waals surface area contributed by atoms with E-state index in [2.05, 4.69) is 0 Å². The molecular formula is C34H22Cl4N2O3. The lowest BCUT2D eigenvalue weighted by Crippen LogP contribution is -2.33. The van der Waals surface area contributed by atoms with Gasteiger partial charge in [-0.1, -0.05) is 82.8 Å². The third-order valence-electron chi connectivity index (χ3n) is 8.04. The number of anilines is 4. The molecule has 214 valence electrons. The Morgan fingerprint density at radius 3 is 1.53 bits per heavy atom. The van der Waals surface area contributed by atoms with Crippen molar-refractivity contribution in [2.45, 2.75) is 5.60 Å². The van der Waals surface area contributed by atoms with E-state index in [1.165, 1.54) is 0 Å². The molecule has 0 bridgehead atoms. The number of hydrogen-bond donors (Lipinski definition) is 0. The number of nitrogens with zero attached hydrogens (tertiary/aromatic N) is 2. The minimum Gasteiger partial charge on any atom is -0.456 e. The lowest BCUT2D eigenvalue weighted by molar-refractivity contribution is 0.0225. The SMILES string of the molecule is CN(c1ccccc1)c1ccc2c(c1)Oc1cc(N(C)c3ccccc3)ccc1C21OC(=O)c2c(Cl)c(Cl)c(Cl)c(Cl)c21. The zero-order valence-corrected chi connectivity index (χ0v) is 25.9. The van der Waals surface area contributed by atoms with E-state index in [0.29, 0.717) is 28.2 Å². The number of carbonyl (C=O) groups is 1. The van der Waals surface area contributed by atoms with Crippen LogP contribution in [0.2, 0.25) is 20.1 Å². The zero-order chi connectivity index (χ0) is 30.0. The first-order chi connectivity index (χ1) is 20.7. The molecule has 1 spiro atoms. The molecule has 0 fully saturated rings. The number of carbonyl (C=O) groups excluding carboxylic acids is 1. The van der Waals surface area contributed by atoms with Crippen molar-refractivity contribution in [1.82, 2.24) is 0 Å². The lowest BCUT2D eigenvalue weighted by Gasteiger charge is -2.38. The fourth-order valence-electron chi connectivity index (χ4n) is 5.83. The number of hydrogen-bond acceptors (Lipinski definition) is 5. The van der Waals surface area contributed by atoms with Crippen LogP contribution >= 0.6 is 46.4 Å². The molecule has 0 saturated carbocycles. The van der Waals surface area contributed by atoms with Gasteiger partial charge < -0.3 is 19.3 Å². The number of esters is 1. The van der Waals surface area contributed by atoms with Crippen molar-refractivity contribution in [3.8, 4) is 11.5 Å². The molecule has 43 heavy (non-hydrogen) atoms. The van der Waals surface area contributed by atoms with E-state index in [0.717, 1.165) is 22.7 Å². The highest BCUT2D eigenvalue weighted by Gasteiger charge is 2.56. The molecule has 2 aliphatic heterocycles. The summed E-state index contributed by atoms with van der Waals surface area (Å²) < 4.78 is 12.9. The van der Waals surface area contributed by atoms with Crippen LogP contribution in [-0.4, -0.2) is 20.1 Å². The van der Waals surface area contributed by atoms with Crippen molar-refractivity contribution in [2.75, 3.05) is 23.9 Å². The minimum atomic E-state index is -1.49. The fourth-order valence-corrected chi connectivity index (χ4v) is 6.89. The molecule has 7 rings (SSSR count). The van der Waals surface area contributed by atoms with Gasteiger partial charge in [0.1, 0.15) is 11.5 Å². The molecule has 0 unspecified atom stereocenters. The first kappa shape index (κ1) is 27.9. The summed E-state index contributed by atoms with van der Waals surface area (Å²) in [4.78, 5) is 17.7. The Bertz CT molecular complexity index is 1840. The van der Waals surface area contributed by atoms with E-state index < -0.39 is 11.6 Å². The average Bonchev–Trinajstić information content (AvgIpc) is 3.35. The molecule has 0 N–H and O–H groups in total. The normalized spacial score (nSPS) is 14.0. The summed E-state index contributed by atoms with van der Waals surface area (Å²) in [6.07, 6.45) is 0. The van der Waals surface area contributed by atoms with E-state index >= 15 is 0 Å². The van der Waals surface area contributed by atoms with E-state index in [1.54, 1.807) is 0 Å². The molecule has 0 atom stereocenters. The molecule has 5 aromatic carbocycles. The first-order valence-electron chi connectivity index (χ1n) is 13.4. The van der Waals surface area contributed by atoms with Crippen molar-refractivity contribution < 1.29 is 14.3 Å². The van der Waals surface area contributed by atoms with Crippen molar-refractivity contribution in [1.29, 1.82) is 0 Å². The second kappa shape index (κ2) is 10.4. The smallest absolute Gasteiger partial charge is 0.341 e. The maximum Gasteiger partial charge on any atom is 0.341 e. The molecule has 5 nitrogen and oxygen atoms in total. The standard InChI is InChI=1S/C34H22Cl4N2O3/c1-39(19-9-5-3-6-10-19)21-13-15-23-25(17-21)42-26-18-22(40(2)20-11-7-4-8-12-20)14-16-24(26)34(23)28-27(33(41)43-34)29(35)31(37)32(38)30(28)36/h3-18H,1-2H3. The van der Waals surface area contributed by atoms with Gasteiger partial charge in [0.15, 0.2) is 5.60 Å². The summed E-state index contributed by atoms with van der Waals surface area (Å²) >= 11 is 26.5. The van der Waals surface area contributed by atoms with Crippen LogP contribution in [0.25, 0.3) is 0 Å². The number of halogens is 4. The molecule has 0 radical (unpaired) electrons. The molecule has 2 aliphatic rings. The quantitative estimate of drug-likeness (QED) is 0.110. The Labute approximate surface area is 268 Å². The number of ether oxygens (including phenoxy) is 2. The Morgan fingerprint density at radius 2 is 1.05 bits per heavy atom. The third kappa shape index (κ3) is 4.18. The second-order valence-corrected chi connectivity index (χ2v) is 11.8. The summed E-state index contributed by atoms with van der Waals surface area (Å²) in [6.45, 7) is 0. The van der Waals surface area contributed by atoms with Gasteiger partial charge in [0.2, 0.25) is 0 Å². The molecule has 0 saturated heterocycles. The Morgan fingerprint density at radius 1 is 0.581 bits per heavy atom. The number of para-hydroxylation sites is 2. The Hall–Kier alpha value is -3.87. The molecule has 9 heteroatoms. The largest absolute Gasteiger partial charge is 0.456 e. The van der Waals surface area contributed by atoms with Crippen molar-refractivity contribution >= 4 is 75.1 Å². The van der Waals surface area contributed by atoms with E-state index in [9.17, 15) is 4.79 Å². The van der Waals surface area contributed by atoms with Gasteiger partial charge >= 0.3 is 5.97 Å². The predicted octanol–water partition coefficient (Wildman–Crippen LogP) is 10.4. The lowest BCUT2D eigenvalue weighted by atomic mass is 9.77. The maximum atomic E-state index is 13.6. The van der Waals surface area contributed by atoms with Crippen LogP contribution in [0.1, 0.15) is 27.0 Å². The van der Waals surface area contributed by atoms with Gasteiger partial charge in [-0.25, -0.2) is 4.79 Å². The molecule has 5 aromatic rings. The van der Waals surface area contributed by atoms with Crippen LogP contribution in [0.4, 0.5) is 22.7 Å². The fraction of sp³-hybridized carbons (Fsp3) is 0.0882. The van der Waals surface area contributed by atoms with Crippen LogP contribution in [0.15, 0.2) is 97.1 Å². The van der Waals surface area contributed by atoms with Crippen LogP contribution in [0.5, 0.6) is 11.5 Å². The van der Waals surface area contributed by atoms with Gasteiger partial charge in [-0.3, -0.25) is 0 Å². The predicted molar refractivity (Wildman–Crippen MR) is 174 cm³/mol. The van der Waals surface area contributed by atoms with E-state index in [-0.39, 0.29) is 25.7 Å². The van der Waals surface area contributed by atoms with Gasteiger partial charge in [0, 0.05) is 65.7 Å². The Kier molecular flexibility index (Phi) is 6.75. The van der Waals surface area contributed by atoms with Gasteiger partial charge in [0.25, 0.3) is 0 Å². The number of fused-ring (bicyclic) bond motifs is 6. The molecule has 0 aromatic heterocycles. The summed E-state index contributed by atoms with van der Waals surface area (Å²) in [5.74, 6) is 0.327. The minimum absolute atomic E-state index is 0.00624. The molecule has 2 heterocycles. The Balaban J connectivity index is 1.47. The van der Waals surface area contributed by atoms with Gasteiger partial charge in [0.05, 0.1) is 25.7 Å². The van der Waals surface area contributed by atoms with Crippen molar-refractivity contribution in [3.63, 3.8) is 0 Å². The van der Waals surface area contributed by atoms with Crippen LogP contribution in [-0.2, 0) is 10.3 Å². The van der Waals surface area contributed by atoms with Crippen molar-refractivity contribution in [3.05, 3.63) is 139 Å². The zero-order valence-electron chi connectivity index (χ0n) is 22.9. The average molecular weight is 648 g/mol. The monoisotopic (exact) mass is 646 g/mol. The second-order valence-electron chi connectivity index (χ2n) is 10.3. The van der Waals surface area contributed by atoms with Gasteiger partial charge in [-0.15, -0.1) is 0 Å². The van der Waals surface area contributed by atoms with Crippen LogP contribution < -0.4 is 14.5 Å². The van der Waals surface area contributed by atoms with Crippen LogP contribution in [0, 0.1) is 0 Å². The van der Waals surface area contributed by atoms with E-state index in [1.807, 2.05) is 121 Å².